The van der Waals surface area contributed by atoms with E-state index in [1.807, 2.05) is 0 Å². The molecular weight excluding hydrogens is 964 g/mol. The van der Waals surface area contributed by atoms with Crippen LogP contribution in [0.4, 0.5) is 11.4 Å². The van der Waals surface area contributed by atoms with Crippen molar-refractivity contribution >= 4 is 69.3 Å². The number of ether oxygens (including phenoxy) is 1. The Labute approximate surface area is 357 Å². The molecule has 4 aromatic rings. The fourth-order valence-electron chi connectivity index (χ4n) is 6.17. The summed E-state index contributed by atoms with van der Waals surface area (Å²) in [6.45, 7) is -1.30. The van der Waals surface area contributed by atoms with Crippen LogP contribution in [0.25, 0.3) is 20.9 Å². The molecule has 0 spiro atoms. The zero-order valence-corrected chi connectivity index (χ0v) is 35.3. The number of cyclic esters (lactones) is 1. The summed E-state index contributed by atoms with van der Waals surface area (Å²) in [5, 5.41) is 49.6. The molecule has 1 aliphatic heterocycles. The summed E-state index contributed by atoms with van der Waals surface area (Å²) >= 11 is 6.57. The Morgan fingerprint density at radius 2 is 1.30 bits per heavy atom. The summed E-state index contributed by atoms with van der Waals surface area (Å²) in [4.78, 5) is 37.4. The number of nitrogens with one attached hydrogen (secondary N) is 2. The van der Waals surface area contributed by atoms with E-state index in [9.17, 15) is 52.1 Å². The summed E-state index contributed by atoms with van der Waals surface area (Å²) < 4.78 is 62.7. The van der Waals surface area contributed by atoms with Crippen molar-refractivity contribution < 1.29 is 46.4 Å². The van der Waals surface area contributed by atoms with Crippen LogP contribution in [0.2, 0.25) is 0 Å². The standard InChI is InChI=1S/C17H14BrN5O6S.C17H18BrN5O6S/c18-11-7-5-10(6-8-11)15-13(9-20-22-19)29-17(24)16(15)21-30(27,28)14-4-2-1-3-12(14)23(25)26;18-12-7-5-11(6-8-12)17(15(25)9-20-22-19)13(10-24)21-30(28,29)16-4-2-1-3-14(16)23(26)27/h1-8,13,15-16,21H,9H2;1-8,13,15,17,21,24-25H,9-10H2/t13-,15-,16+;13-,15-,17+/m11/s1. The van der Waals surface area contributed by atoms with Crippen LogP contribution in [-0.2, 0) is 29.6 Å². The van der Waals surface area contributed by atoms with Crippen molar-refractivity contribution in [1.82, 2.24) is 9.44 Å². The van der Waals surface area contributed by atoms with Gasteiger partial charge >= 0.3 is 5.97 Å². The number of nitrogens with zero attached hydrogens (tertiary/aromatic N) is 8. The molecule has 1 aliphatic rings. The maximum Gasteiger partial charge on any atom is 0.325 e. The second kappa shape index (κ2) is 21.1. The van der Waals surface area contributed by atoms with Crippen LogP contribution in [0.15, 0.2) is 126 Å². The maximum absolute atomic E-state index is 12.9. The highest BCUT2D eigenvalue weighted by Crippen LogP contribution is 2.36. The average Bonchev–Trinajstić information content (AvgIpc) is 3.52. The summed E-state index contributed by atoms with van der Waals surface area (Å²) in [6, 6.07) is 20.2. The van der Waals surface area contributed by atoms with Gasteiger partial charge in [0.15, 0.2) is 9.79 Å². The third-order valence-electron chi connectivity index (χ3n) is 8.78. The van der Waals surface area contributed by atoms with E-state index >= 15 is 0 Å². The van der Waals surface area contributed by atoms with Crippen LogP contribution >= 0.6 is 31.9 Å². The first-order chi connectivity index (χ1) is 28.4. The SMILES string of the molecule is [N-]=[N+]=NC[C@@H](O)[C@@H](c1ccc(Br)cc1)[C@@H](CO)NS(=O)(=O)c1ccccc1[N+](=O)[O-].[N-]=[N+]=NC[C@H]1OC(=O)[C@@H](NS(=O)(=O)c2ccccc2[N+](=O)[O-])[C@@H]1c1ccc(Br)cc1. The predicted molar refractivity (Wildman–Crippen MR) is 219 cm³/mol. The van der Waals surface area contributed by atoms with Crippen LogP contribution in [-0.4, -0.2) is 86.9 Å². The first-order valence-electron chi connectivity index (χ1n) is 17.0. The van der Waals surface area contributed by atoms with Gasteiger partial charge in [-0.3, -0.25) is 25.0 Å². The Bertz CT molecular complexity index is 2530. The van der Waals surface area contributed by atoms with Crippen LogP contribution in [0.5, 0.6) is 0 Å². The molecule has 1 heterocycles. The molecule has 0 radical (unpaired) electrons. The number of hydrogen-bond acceptors (Lipinski definition) is 14. The molecule has 26 heteroatoms. The number of sulfonamides is 2. The third-order valence-corrected chi connectivity index (χ3v) is 12.9. The van der Waals surface area contributed by atoms with E-state index in [0.717, 1.165) is 33.2 Å². The highest BCUT2D eigenvalue weighted by molar-refractivity contribution is 9.10. The van der Waals surface area contributed by atoms with E-state index < -0.39 is 99.8 Å². The number of rotatable bonds is 17. The number of nitro benzene ring substituents is 2. The number of carbonyl (C=O) groups is 1. The first kappa shape index (κ1) is 47.2. The van der Waals surface area contributed by atoms with Gasteiger partial charge in [0.1, 0.15) is 12.1 Å². The Morgan fingerprint density at radius 1 is 0.800 bits per heavy atom. The maximum atomic E-state index is 12.9. The Balaban J connectivity index is 0.000000265. The van der Waals surface area contributed by atoms with Gasteiger partial charge in [-0.2, -0.15) is 4.72 Å². The van der Waals surface area contributed by atoms with Gasteiger partial charge < -0.3 is 14.9 Å². The zero-order valence-electron chi connectivity index (χ0n) is 30.5. The Hall–Kier alpha value is -5.53. The van der Waals surface area contributed by atoms with E-state index in [2.05, 4.69) is 61.4 Å². The fourth-order valence-corrected chi connectivity index (χ4v) is 9.50. The van der Waals surface area contributed by atoms with Crippen LogP contribution < -0.4 is 9.44 Å². The second-order valence-corrected chi connectivity index (χ2v) is 17.7. The number of hydrogen-bond donors (Lipinski definition) is 4. The van der Waals surface area contributed by atoms with Crippen molar-refractivity contribution in [2.75, 3.05) is 19.7 Å². The fraction of sp³-hybridized carbons (Fsp3) is 0.265. The van der Waals surface area contributed by atoms with Gasteiger partial charge in [-0.15, -0.1) is 0 Å². The van der Waals surface area contributed by atoms with E-state index in [1.165, 1.54) is 24.3 Å². The van der Waals surface area contributed by atoms with Crippen molar-refractivity contribution in [2.45, 2.75) is 45.9 Å². The molecule has 316 valence electrons. The molecule has 22 nitrogen and oxygen atoms in total. The normalized spacial score (nSPS) is 17.7. The monoisotopic (exact) mass is 994 g/mol. The molecule has 60 heavy (non-hydrogen) atoms. The van der Waals surface area contributed by atoms with Crippen LogP contribution in [0, 0.1) is 20.2 Å². The van der Waals surface area contributed by atoms with Crippen molar-refractivity contribution in [3.8, 4) is 0 Å². The lowest BCUT2D eigenvalue weighted by Gasteiger charge is -2.30. The van der Waals surface area contributed by atoms with Gasteiger partial charge in [-0.1, -0.05) is 90.6 Å². The number of para-hydroxylation sites is 2. The molecule has 0 aliphatic carbocycles. The lowest BCUT2D eigenvalue weighted by atomic mass is 9.87. The molecule has 5 rings (SSSR count). The number of esters is 1. The number of carbonyl (C=O) groups excluding carboxylic acids is 1. The summed E-state index contributed by atoms with van der Waals surface area (Å²) in [5.41, 5.74) is 16.9. The largest absolute Gasteiger partial charge is 0.460 e. The van der Waals surface area contributed by atoms with Crippen LogP contribution in [0.1, 0.15) is 23.0 Å². The molecule has 4 N–H and O–H groups in total. The van der Waals surface area contributed by atoms with Crippen LogP contribution in [0.3, 0.4) is 0 Å². The summed E-state index contributed by atoms with van der Waals surface area (Å²) in [6.07, 6.45) is -2.25. The molecule has 0 bridgehead atoms. The quantitative estimate of drug-likeness (QED) is 0.0255. The lowest BCUT2D eigenvalue weighted by Crippen LogP contribution is -2.46. The second-order valence-electron chi connectivity index (χ2n) is 12.5. The highest BCUT2D eigenvalue weighted by atomic mass is 79.9. The third kappa shape index (κ3) is 11.8. The minimum atomic E-state index is -4.45. The van der Waals surface area contributed by atoms with Crippen molar-refractivity contribution in [3.63, 3.8) is 0 Å². The topological polar surface area (TPSA) is 343 Å². The van der Waals surface area contributed by atoms with Gasteiger partial charge in [0.2, 0.25) is 20.0 Å². The first-order valence-corrected chi connectivity index (χ1v) is 21.5. The van der Waals surface area contributed by atoms with E-state index in [0.29, 0.717) is 11.1 Å². The molecule has 1 saturated heterocycles. The van der Waals surface area contributed by atoms with E-state index in [4.69, 9.17) is 15.8 Å². The van der Waals surface area contributed by atoms with Gasteiger partial charge in [0, 0.05) is 42.7 Å². The van der Waals surface area contributed by atoms with E-state index in [1.54, 1.807) is 48.5 Å². The lowest BCUT2D eigenvalue weighted by molar-refractivity contribution is -0.388. The number of nitro groups is 2. The van der Waals surface area contributed by atoms with Crippen molar-refractivity contribution in [1.29, 1.82) is 0 Å². The summed E-state index contributed by atoms with van der Waals surface area (Å²) in [5.74, 6) is -2.69. The number of azide groups is 2. The van der Waals surface area contributed by atoms with Gasteiger partial charge in [0.05, 0.1) is 41.7 Å². The van der Waals surface area contributed by atoms with E-state index in [-0.39, 0.29) is 13.1 Å². The molecule has 0 unspecified atom stereocenters. The molecular formula is C34H32Br2N10O12S2. The zero-order chi connectivity index (χ0) is 44.2. The van der Waals surface area contributed by atoms with Gasteiger partial charge in [-0.05, 0) is 58.6 Å². The van der Waals surface area contributed by atoms with Gasteiger partial charge in [-0.25, -0.2) is 21.6 Å². The van der Waals surface area contributed by atoms with Crippen molar-refractivity contribution in [3.05, 3.63) is 158 Å². The highest BCUT2D eigenvalue weighted by Gasteiger charge is 2.48. The molecule has 1 fully saturated rings. The summed E-state index contributed by atoms with van der Waals surface area (Å²) in [7, 11) is -8.89. The average molecular weight is 997 g/mol. The molecule has 0 aromatic heterocycles. The molecule has 0 saturated carbocycles. The minimum Gasteiger partial charge on any atom is -0.460 e. The molecule has 0 amide bonds. The Morgan fingerprint density at radius 3 is 1.80 bits per heavy atom. The number of aliphatic hydroxyl groups excluding tert-OH is 2. The number of benzene rings is 4. The Kier molecular flexibility index (Phi) is 16.6. The van der Waals surface area contributed by atoms with Gasteiger partial charge in [0.25, 0.3) is 11.4 Å². The smallest absolute Gasteiger partial charge is 0.325 e. The van der Waals surface area contributed by atoms with Crippen molar-refractivity contribution in [2.24, 2.45) is 10.2 Å². The molecule has 4 aromatic carbocycles. The predicted octanol–water partition coefficient (Wildman–Crippen LogP) is 5.48. The number of halogens is 2. The molecule has 6 atom stereocenters. The minimum absolute atomic E-state index is 0.202. The number of aliphatic hydroxyl groups is 2.